The molecule has 3 rings (SSSR count). The molecule has 0 heterocycles. The molecule has 0 saturated heterocycles. The molecule has 4 heteroatoms. The van der Waals surface area contributed by atoms with Crippen LogP contribution >= 0.6 is 0 Å². The number of hydrogen-bond acceptors (Lipinski definition) is 2. The van der Waals surface area contributed by atoms with Gasteiger partial charge in [-0.2, -0.15) is 0 Å². The van der Waals surface area contributed by atoms with E-state index in [0.29, 0.717) is 11.4 Å². The van der Waals surface area contributed by atoms with Gasteiger partial charge in [0.15, 0.2) is 0 Å². The summed E-state index contributed by atoms with van der Waals surface area (Å²) in [4.78, 5) is 0.353. The lowest BCUT2D eigenvalue weighted by Gasteiger charge is -2.18. The van der Waals surface area contributed by atoms with Gasteiger partial charge in [0, 0.05) is 13.6 Å². The zero-order chi connectivity index (χ0) is 17.3. The van der Waals surface area contributed by atoms with Crippen molar-refractivity contribution in [1.82, 2.24) is 4.31 Å². The molecule has 0 aliphatic heterocycles. The minimum absolute atomic E-state index is 0.353. The second-order valence-electron chi connectivity index (χ2n) is 6.54. The Balaban J connectivity index is 1.74. The monoisotopic (exact) mass is 341 g/mol. The van der Waals surface area contributed by atoms with Crippen LogP contribution in [0.5, 0.6) is 0 Å². The van der Waals surface area contributed by atoms with Crippen LogP contribution < -0.4 is 0 Å². The van der Waals surface area contributed by atoms with Gasteiger partial charge in [0.05, 0.1) is 4.90 Å². The highest BCUT2D eigenvalue weighted by atomic mass is 32.2. The first-order valence-corrected chi connectivity index (χ1v) is 9.63. The van der Waals surface area contributed by atoms with E-state index < -0.39 is 10.0 Å². The average Bonchev–Trinajstić information content (AvgIpc) is 2.93. The molecule has 0 amide bonds. The molecule has 0 aromatic heterocycles. The second kappa shape index (κ2) is 6.54. The standard InChI is InChI=1S/C20H23NO2S/c1-15-7-9-19(10-8-15)24(22,23)21(3)12-11-17-5-4-6-18-13-16(2)14-20(17)18/h4-10,13H,11-12,14H2,1-3H3. The van der Waals surface area contributed by atoms with E-state index in [2.05, 4.69) is 31.2 Å². The maximum absolute atomic E-state index is 12.7. The number of benzene rings is 2. The number of hydrogen-bond donors (Lipinski definition) is 0. The van der Waals surface area contributed by atoms with Gasteiger partial charge in [0.2, 0.25) is 10.0 Å². The fourth-order valence-electron chi connectivity index (χ4n) is 3.12. The van der Waals surface area contributed by atoms with Crippen molar-refractivity contribution in [3.05, 3.63) is 70.3 Å². The van der Waals surface area contributed by atoms with Gasteiger partial charge in [-0.25, -0.2) is 12.7 Å². The summed E-state index contributed by atoms with van der Waals surface area (Å²) < 4.78 is 26.8. The van der Waals surface area contributed by atoms with Crippen LogP contribution in [0.15, 0.2) is 52.9 Å². The molecule has 0 spiro atoms. The van der Waals surface area contributed by atoms with E-state index >= 15 is 0 Å². The lowest BCUT2D eigenvalue weighted by Crippen LogP contribution is -2.29. The molecule has 0 atom stereocenters. The summed E-state index contributed by atoms with van der Waals surface area (Å²) >= 11 is 0. The Morgan fingerprint density at radius 2 is 1.75 bits per heavy atom. The molecule has 0 N–H and O–H groups in total. The molecule has 1 aliphatic rings. The zero-order valence-electron chi connectivity index (χ0n) is 14.4. The maximum Gasteiger partial charge on any atom is 0.242 e. The van der Waals surface area contributed by atoms with Crippen LogP contribution in [-0.4, -0.2) is 26.3 Å². The first-order chi connectivity index (χ1) is 11.4. The van der Waals surface area contributed by atoms with Crippen molar-refractivity contribution < 1.29 is 8.42 Å². The number of sulfonamides is 1. The first kappa shape index (κ1) is 16.9. The van der Waals surface area contributed by atoms with Crippen molar-refractivity contribution >= 4 is 16.1 Å². The van der Waals surface area contributed by atoms with Gasteiger partial charge in [0.1, 0.15) is 0 Å². The third-order valence-corrected chi connectivity index (χ3v) is 6.46. The first-order valence-electron chi connectivity index (χ1n) is 8.19. The van der Waals surface area contributed by atoms with Gasteiger partial charge in [-0.1, -0.05) is 47.5 Å². The fourth-order valence-corrected chi connectivity index (χ4v) is 4.29. The summed E-state index contributed by atoms with van der Waals surface area (Å²) in [6, 6.07) is 13.3. The smallest absolute Gasteiger partial charge is 0.207 e. The molecule has 0 unspecified atom stereocenters. The Morgan fingerprint density at radius 3 is 2.46 bits per heavy atom. The van der Waals surface area contributed by atoms with Gasteiger partial charge >= 0.3 is 0 Å². The van der Waals surface area contributed by atoms with Crippen molar-refractivity contribution in [2.75, 3.05) is 13.6 Å². The van der Waals surface area contributed by atoms with Gasteiger partial charge in [0.25, 0.3) is 0 Å². The number of likely N-dealkylation sites (N-methyl/N-ethyl adjacent to an activating group) is 1. The van der Waals surface area contributed by atoms with Crippen molar-refractivity contribution in [3.63, 3.8) is 0 Å². The maximum atomic E-state index is 12.7. The normalized spacial score (nSPS) is 13.9. The molecule has 0 saturated carbocycles. The molecule has 126 valence electrons. The zero-order valence-corrected chi connectivity index (χ0v) is 15.2. The molecule has 1 aliphatic carbocycles. The molecule has 0 bridgehead atoms. The quantitative estimate of drug-likeness (QED) is 0.829. The van der Waals surface area contributed by atoms with Gasteiger partial charge in [-0.3, -0.25) is 0 Å². The van der Waals surface area contributed by atoms with Crippen LogP contribution in [0.1, 0.15) is 29.2 Å². The second-order valence-corrected chi connectivity index (χ2v) is 8.59. The Hall–Kier alpha value is -1.91. The predicted octanol–water partition coefficient (Wildman–Crippen LogP) is 3.82. The number of fused-ring (bicyclic) bond motifs is 1. The molecule has 2 aromatic carbocycles. The lowest BCUT2D eigenvalue weighted by molar-refractivity contribution is 0.472. The van der Waals surface area contributed by atoms with Crippen LogP contribution in [-0.2, 0) is 22.9 Å². The van der Waals surface area contributed by atoms with E-state index in [-0.39, 0.29) is 0 Å². The van der Waals surface area contributed by atoms with E-state index in [9.17, 15) is 8.42 Å². The summed E-state index contributed by atoms with van der Waals surface area (Å²) in [5, 5.41) is 0. The molecule has 0 radical (unpaired) electrons. The minimum atomic E-state index is -3.43. The van der Waals surface area contributed by atoms with Crippen LogP contribution in [0.4, 0.5) is 0 Å². The number of nitrogens with zero attached hydrogens (tertiary/aromatic N) is 1. The van der Waals surface area contributed by atoms with Crippen molar-refractivity contribution in [2.24, 2.45) is 0 Å². The number of aryl methyl sites for hydroxylation is 1. The fraction of sp³-hybridized carbons (Fsp3) is 0.300. The molecular weight excluding hydrogens is 318 g/mol. The Morgan fingerprint density at radius 1 is 1.04 bits per heavy atom. The lowest BCUT2D eigenvalue weighted by atomic mass is 10.00. The van der Waals surface area contributed by atoms with Crippen LogP contribution in [0.3, 0.4) is 0 Å². The summed E-state index contributed by atoms with van der Waals surface area (Å²) in [7, 11) is -1.78. The molecule has 24 heavy (non-hydrogen) atoms. The summed E-state index contributed by atoms with van der Waals surface area (Å²) in [5.74, 6) is 0. The van der Waals surface area contributed by atoms with Crippen molar-refractivity contribution in [2.45, 2.75) is 31.6 Å². The van der Waals surface area contributed by atoms with Gasteiger partial charge in [-0.15, -0.1) is 0 Å². The van der Waals surface area contributed by atoms with Gasteiger partial charge < -0.3 is 0 Å². The van der Waals surface area contributed by atoms with E-state index in [0.717, 1.165) is 18.4 Å². The highest BCUT2D eigenvalue weighted by Gasteiger charge is 2.21. The molecule has 2 aromatic rings. The summed E-state index contributed by atoms with van der Waals surface area (Å²) in [6.07, 6.45) is 3.91. The number of allylic oxidation sites excluding steroid dienone is 1. The minimum Gasteiger partial charge on any atom is -0.207 e. The van der Waals surface area contributed by atoms with E-state index in [1.807, 2.05) is 19.1 Å². The molecule has 3 nitrogen and oxygen atoms in total. The SMILES string of the molecule is CC1=Cc2cccc(CCN(C)S(=O)(=O)c3ccc(C)cc3)c2C1. The largest absolute Gasteiger partial charge is 0.242 e. The topological polar surface area (TPSA) is 37.4 Å². The third kappa shape index (κ3) is 3.30. The highest BCUT2D eigenvalue weighted by Crippen LogP contribution is 2.28. The van der Waals surface area contributed by atoms with Crippen LogP contribution in [0.25, 0.3) is 6.08 Å². The Bertz CT molecular complexity index is 880. The number of rotatable bonds is 5. The highest BCUT2D eigenvalue weighted by molar-refractivity contribution is 7.89. The Labute approximate surface area is 144 Å². The van der Waals surface area contributed by atoms with Crippen LogP contribution in [0, 0.1) is 6.92 Å². The van der Waals surface area contributed by atoms with E-state index in [1.54, 1.807) is 19.2 Å². The summed E-state index contributed by atoms with van der Waals surface area (Å²) in [5.41, 5.74) is 6.27. The molecular formula is C20H23NO2S. The Kier molecular flexibility index (Phi) is 4.61. The third-order valence-electron chi connectivity index (χ3n) is 4.59. The van der Waals surface area contributed by atoms with E-state index in [1.165, 1.54) is 26.6 Å². The summed E-state index contributed by atoms with van der Waals surface area (Å²) in [6.45, 7) is 4.57. The van der Waals surface area contributed by atoms with Crippen LogP contribution in [0.2, 0.25) is 0 Å². The molecule has 0 fully saturated rings. The van der Waals surface area contributed by atoms with Gasteiger partial charge in [-0.05, 0) is 55.5 Å². The van der Waals surface area contributed by atoms with Crippen molar-refractivity contribution in [1.29, 1.82) is 0 Å². The predicted molar refractivity (Wildman–Crippen MR) is 98.5 cm³/mol. The van der Waals surface area contributed by atoms with Crippen molar-refractivity contribution in [3.8, 4) is 0 Å². The average molecular weight is 341 g/mol. The van der Waals surface area contributed by atoms with E-state index in [4.69, 9.17) is 0 Å².